The molecule has 0 radical (unpaired) electrons. The summed E-state index contributed by atoms with van der Waals surface area (Å²) in [4.78, 5) is 22.5. The Labute approximate surface area is 97.4 Å². The number of rotatable bonds is 3. The molecule has 4 nitrogen and oxygen atoms in total. The lowest BCUT2D eigenvalue weighted by atomic mass is 10.1. The molecule has 1 amide bonds. The fourth-order valence-corrected chi connectivity index (χ4v) is 1.72. The Hall–Kier alpha value is -1.91. The lowest BCUT2D eigenvalue weighted by Gasteiger charge is -2.08. The molecule has 0 bridgehead atoms. The predicted molar refractivity (Wildman–Crippen MR) is 59.3 cm³/mol. The number of carbonyl (C=O) groups excluding carboxylic acids is 1. The normalized spacial score (nSPS) is 22.0. The number of nitrogens with one attached hydrogen (secondary N) is 1. The maximum absolute atomic E-state index is 12.9. The monoisotopic (exact) mass is 237 g/mol. The number of carboxylic acids is 1. The first-order valence-electron chi connectivity index (χ1n) is 5.32. The van der Waals surface area contributed by atoms with E-state index in [0.29, 0.717) is 5.92 Å². The van der Waals surface area contributed by atoms with E-state index in [-0.39, 0.29) is 23.1 Å². The number of carboxylic acid groups (broad SMARTS) is 1. The van der Waals surface area contributed by atoms with E-state index < -0.39 is 11.8 Å². The van der Waals surface area contributed by atoms with Crippen LogP contribution in [0.1, 0.15) is 23.7 Å². The molecule has 0 aromatic heterocycles. The maximum atomic E-state index is 12.9. The Morgan fingerprint density at radius 1 is 1.47 bits per heavy atom. The minimum absolute atomic E-state index is 0.0540. The van der Waals surface area contributed by atoms with Crippen molar-refractivity contribution in [2.75, 3.05) is 5.32 Å². The Balaban J connectivity index is 2.20. The highest BCUT2D eigenvalue weighted by Crippen LogP contribution is 2.38. The molecule has 0 saturated heterocycles. The molecule has 0 unspecified atom stereocenters. The van der Waals surface area contributed by atoms with Gasteiger partial charge in [0.1, 0.15) is 5.82 Å². The van der Waals surface area contributed by atoms with E-state index in [1.807, 2.05) is 6.92 Å². The molecule has 1 saturated carbocycles. The van der Waals surface area contributed by atoms with Gasteiger partial charge < -0.3 is 10.4 Å². The van der Waals surface area contributed by atoms with Crippen LogP contribution >= 0.6 is 0 Å². The number of amides is 1. The van der Waals surface area contributed by atoms with Crippen molar-refractivity contribution in [2.45, 2.75) is 13.3 Å². The second kappa shape index (κ2) is 4.16. The standard InChI is InChI=1S/C12H12FNO3/c1-6-4-8(6)11(15)14-10-3-2-7(13)5-9(10)12(16)17/h2-3,5-6,8H,4H2,1H3,(H,14,15)(H,16,17)/t6-,8-/m1/s1. The highest BCUT2D eigenvalue weighted by Gasteiger charge is 2.39. The number of hydrogen-bond donors (Lipinski definition) is 2. The van der Waals surface area contributed by atoms with Gasteiger partial charge in [0.25, 0.3) is 0 Å². The van der Waals surface area contributed by atoms with Gasteiger partial charge in [-0.1, -0.05) is 6.92 Å². The first-order chi connectivity index (χ1) is 7.99. The zero-order valence-corrected chi connectivity index (χ0v) is 9.24. The van der Waals surface area contributed by atoms with Crippen LogP contribution in [0.25, 0.3) is 0 Å². The van der Waals surface area contributed by atoms with Crippen LogP contribution in [0, 0.1) is 17.7 Å². The van der Waals surface area contributed by atoms with Crippen LogP contribution in [-0.4, -0.2) is 17.0 Å². The van der Waals surface area contributed by atoms with Gasteiger partial charge in [0, 0.05) is 5.92 Å². The van der Waals surface area contributed by atoms with Gasteiger partial charge in [-0.3, -0.25) is 4.79 Å². The third-order valence-electron chi connectivity index (χ3n) is 2.92. The summed E-state index contributed by atoms with van der Waals surface area (Å²) in [7, 11) is 0. The molecule has 1 aliphatic rings. The maximum Gasteiger partial charge on any atom is 0.337 e. The molecule has 1 aliphatic carbocycles. The van der Waals surface area contributed by atoms with Gasteiger partial charge >= 0.3 is 5.97 Å². The molecule has 1 aromatic carbocycles. The largest absolute Gasteiger partial charge is 0.478 e. The van der Waals surface area contributed by atoms with E-state index in [2.05, 4.69) is 5.32 Å². The highest BCUT2D eigenvalue weighted by atomic mass is 19.1. The van der Waals surface area contributed by atoms with Crippen molar-refractivity contribution in [1.82, 2.24) is 0 Å². The smallest absolute Gasteiger partial charge is 0.337 e. The minimum atomic E-state index is -1.26. The lowest BCUT2D eigenvalue weighted by molar-refractivity contribution is -0.117. The first-order valence-corrected chi connectivity index (χ1v) is 5.32. The molecular formula is C12H12FNO3. The molecule has 2 atom stereocenters. The topological polar surface area (TPSA) is 66.4 Å². The fourth-order valence-electron chi connectivity index (χ4n) is 1.72. The Morgan fingerprint density at radius 2 is 2.12 bits per heavy atom. The quantitative estimate of drug-likeness (QED) is 0.846. The van der Waals surface area contributed by atoms with Crippen molar-refractivity contribution in [3.8, 4) is 0 Å². The Kier molecular flexibility index (Phi) is 2.83. The Bertz CT molecular complexity index is 487. The summed E-state index contributed by atoms with van der Waals surface area (Å²) >= 11 is 0. The molecule has 2 rings (SSSR count). The molecule has 17 heavy (non-hydrogen) atoms. The summed E-state index contributed by atoms with van der Waals surface area (Å²) in [5.74, 6) is -1.82. The van der Waals surface area contributed by atoms with Gasteiger partial charge in [0.05, 0.1) is 11.3 Å². The second-order valence-corrected chi connectivity index (χ2v) is 4.30. The third-order valence-corrected chi connectivity index (χ3v) is 2.92. The van der Waals surface area contributed by atoms with Crippen LogP contribution < -0.4 is 5.32 Å². The fraction of sp³-hybridized carbons (Fsp3) is 0.333. The van der Waals surface area contributed by atoms with Gasteiger partial charge in [-0.05, 0) is 30.5 Å². The third kappa shape index (κ3) is 2.43. The lowest BCUT2D eigenvalue weighted by Crippen LogP contribution is -2.17. The number of carbonyl (C=O) groups is 2. The second-order valence-electron chi connectivity index (χ2n) is 4.30. The molecule has 0 spiro atoms. The summed E-state index contributed by atoms with van der Waals surface area (Å²) in [6.07, 6.45) is 0.815. The van der Waals surface area contributed by atoms with E-state index in [0.717, 1.165) is 18.6 Å². The first kappa shape index (κ1) is 11.6. The molecule has 90 valence electrons. The molecular weight excluding hydrogens is 225 g/mol. The van der Waals surface area contributed by atoms with Crippen LogP contribution in [0.3, 0.4) is 0 Å². The average Bonchev–Trinajstić information content (AvgIpc) is 2.98. The summed E-state index contributed by atoms with van der Waals surface area (Å²) in [5.41, 5.74) is -0.0883. The zero-order valence-electron chi connectivity index (χ0n) is 9.24. The molecule has 1 fully saturated rings. The van der Waals surface area contributed by atoms with Crippen molar-refractivity contribution in [3.63, 3.8) is 0 Å². The van der Waals surface area contributed by atoms with E-state index in [4.69, 9.17) is 5.11 Å². The molecule has 1 aromatic rings. The van der Waals surface area contributed by atoms with Crippen molar-refractivity contribution in [3.05, 3.63) is 29.6 Å². The minimum Gasteiger partial charge on any atom is -0.478 e. The van der Waals surface area contributed by atoms with E-state index in [1.165, 1.54) is 6.07 Å². The van der Waals surface area contributed by atoms with Gasteiger partial charge in [-0.15, -0.1) is 0 Å². The van der Waals surface area contributed by atoms with Gasteiger partial charge in [-0.2, -0.15) is 0 Å². The van der Waals surface area contributed by atoms with Crippen LogP contribution in [-0.2, 0) is 4.79 Å². The van der Waals surface area contributed by atoms with E-state index >= 15 is 0 Å². The summed E-state index contributed by atoms with van der Waals surface area (Å²) in [6.45, 7) is 1.95. The van der Waals surface area contributed by atoms with E-state index in [9.17, 15) is 14.0 Å². The van der Waals surface area contributed by atoms with Gasteiger partial charge in [-0.25, -0.2) is 9.18 Å². The van der Waals surface area contributed by atoms with Crippen molar-refractivity contribution in [1.29, 1.82) is 0 Å². The number of hydrogen-bond acceptors (Lipinski definition) is 2. The Morgan fingerprint density at radius 3 is 2.65 bits per heavy atom. The molecule has 2 N–H and O–H groups in total. The molecule has 0 aliphatic heterocycles. The van der Waals surface area contributed by atoms with Crippen LogP contribution in [0.5, 0.6) is 0 Å². The summed E-state index contributed by atoms with van der Waals surface area (Å²) in [5, 5.41) is 11.4. The summed E-state index contributed by atoms with van der Waals surface area (Å²) < 4.78 is 12.9. The SMILES string of the molecule is C[C@@H]1C[C@H]1C(=O)Nc1ccc(F)cc1C(=O)O. The van der Waals surface area contributed by atoms with Gasteiger partial charge in [0.15, 0.2) is 0 Å². The van der Waals surface area contributed by atoms with Crippen LogP contribution in [0.4, 0.5) is 10.1 Å². The average molecular weight is 237 g/mol. The number of benzene rings is 1. The summed E-state index contributed by atoms with van der Waals surface area (Å²) in [6, 6.07) is 3.29. The number of anilines is 1. The van der Waals surface area contributed by atoms with Crippen molar-refractivity contribution >= 4 is 17.6 Å². The van der Waals surface area contributed by atoms with Crippen LogP contribution in [0.15, 0.2) is 18.2 Å². The molecule has 5 heteroatoms. The number of halogens is 1. The van der Waals surface area contributed by atoms with E-state index in [1.54, 1.807) is 0 Å². The van der Waals surface area contributed by atoms with Gasteiger partial charge in [0.2, 0.25) is 5.91 Å². The van der Waals surface area contributed by atoms with Crippen molar-refractivity contribution in [2.24, 2.45) is 11.8 Å². The number of aromatic carboxylic acids is 1. The predicted octanol–water partition coefficient (Wildman–Crippen LogP) is 2.12. The van der Waals surface area contributed by atoms with Crippen LogP contribution in [0.2, 0.25) is 0 Å². The van der Waals surface area contributed by atoms with Crippen molar-refractivity contribution < 1.29 is 19.1 Å². The molecule has 0 heterocycles. The zero-order chi connectivity index (χ0) is 12.6. The highest BCUT2D eigenvalue weighted by molar-refractivity contribution is 6.01.